The number of benzene rings is 3. The third kappa shape index (κ3) is 5.40. The third-order valence-corrected chi connectivity index (χ3v) is 5.64. The molecule has 1 amide bonds. The highest BCUT2D eigenvalue weighted by atomic mass is 32.2. The van der Waals surface area contributed by atoms with Gasteiger partial charge in [-0.3, -0.25) is 4.79 Å². The number of ether oxygens (including phenoxy) is 1. The van der Waals surface area contributed by atoms with Gasteiger partial charge in [-0.05, 0) is 54.4 Å². The van der Waals surface area contributed by atoms with E-state index in [-0.39, 0.29) is 5.91 Å². The van der Waals surface area contributed by atoms with E-state index < -0.39 is 0 Å². The summed E-state index contributed by atoms with van der Waals surface area (Å²) in [6.07, 6.45) is 0. The van der Waals surface area contributed by atoms with Crippen molar-refractivity contribution in [2.75, 3.05) is 14.2 Å². The Hall–Kier alpha value is -2.72. The Morgan fingerprint density at radius 2 is 1.50 bits per heavy atom. The molecule has 28 heavy (non-hydrogen) atoms. The molecule has 144 valence electrons. The van der Waals surface area contributed by atoms with Crippen molar-refractivity contribution < 1.29 is 9.53 Å². The predicted octanol–water partition coefficient (Wildman–Crippen LogP) is 5.57. The predicted molar refractivity (Wildman–Crippen MR) is 116 cm³/mol. The number of nitrogens with zero attached hydrogens (tertiary/aromatic N) is 1. The molecule has 0 aliphatic carbocycles. The van der Waals surface area contributed by atoms with Crippen LogP contribution < -0.4 is 4.74 Å². The van der Waals surface area contributed by atoms with Crippen LogP contribution in [-0.2, 0) is 12.3 Å². The molecule has 0 fully saturated rings. The maximum Gasteiger partial charge on any atom is 0.253 e. The van der Waals surface area contributed by atoms with E-state index >= 15 is 0 Å². The summed E-state index contributed by atoms with van der Waals surface area (Å²) in [4.78, 5) is 15.7. The largest absolute Gasteiger partial charge is 0.497 e. The summed E-state index contributed by atoms with van der Waals surface area (Å²) in [5, 5.41) is 0. The van der Waals surface area contributed by atoms with Gasteiger partial charge in [0.05, 0.1) is 7.11 Å². The molecule has 0 atom stereocenters. The summed E-state index contributed by atoms with van der Waals surface area (Å²) < 4.78 is 5.17. The second kappa shape index (κ2) is 9.47. The van der Waals surface area contributed by atoms with E-state index in [0.717, 1.165) is 17.1 Å². The van der Waals surface area contributed by atoms with E-state index in [4.69, 9.17) is 4.74 Å². The number of carbonyl (C=O) groups is 1. The second-order valence-electron chi connectivity index (χ2n) is 6.81. The van der Waals surface area contributed by atoms with Gasteiger partial charge in [0.1, 0.15) is 5.75 Å². The highest BCUT2D eigenvalue weighted by Crippen LogP contribution is 2.23. The van der Waals surface area contributed by atoms with Crippen LogP contribution in [-0.4, -0.2) is 25.0 Å². The summed E-state index contributed by atoms with van der Waals surface area (Å²) >= 11 is 1.80. The normalized spacial score (nSPS) is 10.5. The number of amides is 1. The van der Waals surface area contributed by atoms with Crippen LogP contribution in [0.3, 0.4) is 0 Å². The van der Waals surface area contributed by atoms with Crippen LogP contribution in [0, 0.1) is 6.92 Å². The minimum absolute atomic E-state index is 0.0218. The SMILES string of the molecule is COc1ccc(CN(C)C(=O)c2ccc(CSc3ccc(C)cc3)cc2)cc1. The lowest BCUT2D eigenvalue weighted by atomic mass is 10.1. The van der Waals surface area contributed by atoms with E-state index in [0.29, 0.717) is 12.1 Å². The fourth-order valence-electron chi connectivity index (χ4n) is 2.84. The maximum atomic E-state index is 12.7. The third-order valence-electron chi connectivity index (χ3n) is 4.55. The zero-order valence-electron chi connectivity index (χ0n) is 16.5. The Morgan fingerprint density at radius 3 is 2.11 bits per heavy atom. The minimum atomic E-state index is 0.0218. The first-order valence-corrected chi connectivity index (χ1v) is 10.2. The lowest BCUT2D eigenvalue weighted by molar-refractivity contribution is 0.0785. The number of hydrogen-bond donors (Lipinski definition) is 0. The number of rotatable bonds is 7. The fraction of sp³-hybridized carbons (Fsp3) is 0.208. The van der Waals surface area contributed by atoms with Crippen molar-refractivity contribution in [3.8, 4) is 5.75 Å². The van der Waals surface area contributed by atoms with Gasteiger partial charge in [0.2, 0.25) is 0 Å². The molecular formula is C24H25NO2S. The maximum absolute atomic E-state index is 12.7. The summed E-state index contributed by atoms with van der Waals surface area (Å²) in [7, 11) is 3.47. The Labute approximate surface area is 171 Å². The first-order chi connectivity index (χ1) is 13.5. The average Bonchev–Trinajstić information content (AvgIpc) is 2.73. The highest BCUT2D eigenvalue weighted by Gasteiger charge is 2.12. The molecule has 0 N–H and O–H groups in total. The molecule has 0 spiro atoms. The summed E-state index contributed by atoms with van der Waals surface area (Å²) in [5.41, 5.74) is 4.26. The van der Waals surface area contributed by atoms with Crippen molar-refractivity contribution >= 4 is 17.7 Å². The molecule has 0 saturated heterocycles. The van der Waals surface area contributed by atoms with Gasteiger partial charge in [-0.2, -0.15) is 0 Å². The van der Waals surface area contributed by atoms with Gasteiger partial charge in [-0.15, -0.1) is 11.8 Å². The second-order valence-corrected chi connectivity index (χ2v) is 7.86. The summed E-state index contributed by atoms with van der Waals surface area (Å²) in [5.74, 6) is 1.73. The van der Waals surface area contributed by atoms with Crippen molar-refractivity contribution in [1.29, 1.82) is 0 Å². The van der Waals surface area contributed by atoms with Gasteiger partial charge in [0.25, 0.3) is 5.91 Å². The van der Waals surface area contributed by atoms with Gasteiger partial charge in [-0.25, -0.2) is 0 Å². The van der Waals surface area contributed by atoms with Gasteiger partial charge in [-0.1, -0.05) is 42.0 Å². The van der Waals surface area contributed by atoms with E-state index in [9.17, 15) is 4.79 Å². The Bertz CT molecular complexity index is 903. The number of methoxy groups -OCH3 is 1. The van der Waals surface area contributed by atoms with Crippen molar-refractivity contribution in [2.24, 2.45) is 0 Å². The number of aryl methyl sites for hydroxylation is 1. The topological polar surface area (TPSA) is 29.5 Å². The molecule has 3 rings (SSSR count). The van der Waals surface area contributed by atoms with E-state index in [1.54, 1.807) is 23.8 Å². The molecule has 0 saturated carbocycles. The molecule has 0 heterocycles. The van der Waals surface area contributed by atoms with E-state index in [2.05, 4.69) is 31.2 Å². The number of carbonyl (C=O) groups excluding carboxylic acids is 1. The molecule has 3 nitrogen and oxygen atoms in total. The quantitative estimate of drug-likeness (QED) is 0.493. The van der Waals surface area contributed by atoms with Gasteiger partial charge < -0.3 is 9.64 Å². The first-order valence-electron chi connectivity index (χ1n) is 9.22. The van der Waals surface area contributed by atoms with Crippen LogP contribution in [0.15, 0.2) is 77.7 Å². The molecule has 0 bridgehead atoms. The molecule has 3 aromatic carbocycles. The highest BCUT2D eigenvalue weighted by molar-refractivity contribution is 7.98. The molecular weight excluding hydrogens is 366 g/mol. The molecule has 4 heteroatoms. The van der Waals surface area contributed by atoms with Crippen LogP contribution in [0.25, 0.3) is 0 Å². The van der Waals surface area contributed by atoms with E-state index in [1.165, 1.54) is 16.0 Å². The molecule has 0 aliphatic rings. The van der Waals surface area contributed by atoms with Crippen molar-refractivity contribution in [2.45, 2.75) is 24.1 Å². The fourth-order valence-corrected chi connectivity index (χ4v) is 3.70. The molecule has 3 aromatic rings. The summed E-state index contributed by atoms with van der Waals surface area (Å²) in [6, 6.07) is 24.2. The van der Waals surface area contributed by atoms with Crippen LogP contribution in [0.1, 0.15) is 27.0 Å². The zero-order valence-corrected chi connectivity index (χ0v) is 17.3. The van der Waals surface area contributed by atoms with Crippen LogP contribution in [0.5, 0.6) is 5.75 Å². The molecule has 0 radical (unpaired) electrons. The minimum Gasteiger partial charge on any atom is -0.497 e. The van der Waals surface area contributed by atoms with Crippen molar-refractivity contribution in [3.05, 3.63) is 95.1 Å². The molecule has 0 aliphatic heterocycles. The van der Waals surface area contributed by atoms with Gasteiger partial charge in [0, 0.05) is 29.8 Å². The van der Waals surface area contributed by atoms with Crippen molar-refractivity contribution in [1.82, 2.24) is 4.90 Å². The van der Waals surface area contributed by atoms with Gasteiger partial charge >= 0.3 is 0 Å². The van der Waals surface area contributed by atoms with Crippen LogP contribution in [0.2, 0.25) is 0 Å². The first kappa shape index (κ1) is 20.0. The number of thioether (sulfide) groups is 1. The Morgan fingerprint density at radius 1 is 0.893 bits per heavy atom. The number of hydrogen-bond acceptors (Lipinski definition) is 3. The lowest BCUT2D eigenvalue weighted by Gasteiger charge is -2.18. The monoisotopic (exact) mass is 391 g/mol. The Balaban J connectivity index is 1.56. The molecule has 0 unspecified atom stereocenters. The zero-order chi connectivity index (χ0) is 19.9. The Kier molecular flexibility index (Phi) is 6.77. The van der Waals surface area contributed by atoms with Crippen LogP contribution in [0.4, 0.5) is 0 Å². The molecule has 0 aromatic heterocycles. The standard InChI is InChI=1S/C24H25NO2S/c1-18-4-14-23(15-5-18)28-17-20-6-10-21(11-7-20)24(26)25(2)16-19-8-12-22(27-3)13-9-19/h4-15H,16-17H2,1-3H3. The van der Waals surface area contributed by atoms with E-state index in [1.807, 2.05) is 55.6 Å². The smallest absolute Gasteiger partial charge is 0.253 e. The van der Waals surface area contributed by atoms with Gasteiger partial charge in [0.15, 0.2) is 0 Å². The average molecular weight is 392 g/mol. The summed E-state index contributed by atoms with van der Waals surface area (Å²) in [6.45, 7) is 2.66. The van der Waals surface area contributed by atoms with Crippen molar-refractivity contribution in [3.63, 3.8) is 0 Å². The van der Waals surface area contributed by atoms with Crippen LogP contribution >= 0.6 is 11.8 Å². The lowest BCUT2D eigenvalue weighted by Crippen LogP contribution is -2.26.